The third kappa shape index (κ3) is 3.61. The number of pyridine rings is 1. The van der Waals surface area contributed by atoms with Crippen molar-refractivity contribution in [1.29, 1.82) is 0 Å². The van der Waals surface area contributed by atoms with E-state index in [1.54, 1.807) is 28.9 Å². The van der Waals surface area contributed by atoms with Crippen molar-refractivity contribution in [3.63, 3.8) is 0 Å². The van der Waals surface area contributed by atoms with Gasteiger partial charge < -0.3 is 10.3 Å². The number of H-pyrrole nitrogens is 1. The van der Waals surface area contributed by atoms with Crippen molar-refractivity contribution >= 4 is 5.91 Å². The Labute approximate surface area is 138 Å². The minimum atomic E-state index is -0.295. The van der Waals surface area contributed by atoms with E-state index in [0.717, 1.165) is 31.4 Å². The molecule has 0 atom stereocenters. The molecular formula is C17H20N4O3. The van der Waals surface area contributed by atoms with Gasteiger partial charge in [-0.2, -0.15) is 5.10 Å². The van der Waals surface area contributed by atoms with Crippen LogP contribution in [0, 0.1) is 6.92 Å². The Morgan fingerprint density at radius 3 is 2.62 bits per heavy atom. The molecule has 1 amide bonds. The number of aromatic nitrogens is 3. The van der Waals surface area contributed by atoms with Crippen LogP contribution in [0.25, 0.3) is 0 Å². The molecule has 0 aliphatic heterocycles. The molecule has 0 spiro atoms. The number of aromatic amines is 1. The maximum atomic E-state index is 12.2. The molecule has 2 aromatic heterocycles. The summed E-state index contributed by atoms with van der Waals surface area (Å²) in [4.78, 5) is 37.9. The summed E-state index contributed by atoms with van der Waals surface area (Å²) in [6.45, 7) is 1.86. The van der Waals surface area contributed by atoms with E-state index in [-0.39, 0.29) is 34.8 Å². The fourth-order valence-corrected chi connectivity index (χ4v) is 3.09. The number of nitrogens with zero attached hydrogens (tertiary/aromatic N) is 2. The summed E-state index contributed by atoms with van der Waals surface area (Å²) < 4.78 is 1.56. The summed E-state index contributed by atoms with van der Waals surface area (Å²) >= 11 is 0. The van der Waals surface area contributed by atoms with Gasteiger partial charge >= 0.3 is 0 Å². The summed E-state index contributed by atoms with van der Waals surface area (Å²) in [5.41, 5.74) is 0.699. The average Bonchev–Trinajstić information content (AvgIpc) is 2.58. The third-order valence-corrected chi connectivity index (χ3v) is 4.35. The molecule has 2 heterocycles. The smallest absolute Gasteiger partial charge is 0.268 e. The van der Waals surface area contributed by atoms with Gasteiger partial charge in [0.25, 0.3) is 11.5 Å². The summed E-state index contributed by atoms with van der Waals surface area (Å²) in [5, 5.41) is 7.26. The van der Waals surface area contributed by atoms with E-state index in [9.17, 15) is 14.4 Å². The Hall–Kier alpha value is -2.70. The molecule has 7 heteroatoms. The van der Waals surface area contributed by atoms with Crippen molar-refractivity contribution in [2.75, 3.05) is 0 Å². The molecule has 0 unspecified atom stereocenters. The predicted molar refractivity (Wildman–Crippen MR) is 89.1 cm³/mol. The fourth-order valence-electron chi connectivity index (χ4n) is 3.09. The largest absolute Gasteiger partial charge is 0.348 e. The van der Waals surface area contributed by atoms with Crippen molar-refractivity contribution < 1.29 is 4.79 Å². The first-order valence-electron chi connectivity index (χ1n) is 8.09. The van der Waals surface area contributed by atoms with Crippen LogP contribution in [-0.2, 0) is 0 Å². The topological polar surface area (TPSA) is 96.9 Å². The zero-order valence-corrected chi connectivity index (χ0v) is 13.5. The van der Waals surface area contributed by atoms with E-state index >= 15 is 0 Å². The molecule has 0 bridgehead atoms. The molecule has 0 saturated heterocycles. The lowest BCUT2D eigenvalue weighted by molar-refractivity contribution is 0.0916. The van der Waals surface area contributed by atoms with Gasteiger partial charge in [-0.3, -0.25) is 14.4 Å². The SMILES string of the molecule is Cc1ccc(=O)n(C2CCC(NC(=O)c3cccc(=O)[nH]3)CC2)n1. The standard InChI is InChI=1S/C17H20N4O3/c1-11-5-10-16(23)21(20-11)13-8-6-12(7-9-13)18-17(24)14-3-2-4-15(22)19-14/h2-5,10,12-13H,6-9H2,1H3,(H,18,24)(H,19,22). The Kier molecular flexibility index (Phi) is 4.59. The molecule has 1 fully saturated rings. The van der Waals surface area contributed by atoms with Crippen molar-refractivity contribution in [1.82, 2.24) is 20.1 Å². The molecule has 0 radical (unpaired) electrons. The first-order valence-corrected chi connectivity index (χ1v) is 8.09. The molecule has 1 saturated carbocycles. The van der Waals surface area contributed by atoms with Gasteiger partial charge in [-0.05, 0) is 44.7 Å². The van der Waals surface area contributed by atoms with Crippen molar-refractivity contribution in [2.24, 2.45) is 0 Å². The minimum absolute atomic E-state index is 0.0398. The highest BCUT2D eigenvalue weighted by atomic mass is 16.2. The van der Waals surface area contributed by atoms with Crippen LogP contribution >= 0.6 is 0 Å². The highest BCUT2D eigenvalue weighted by Crippen LogP contribution is 2.27. The number of aryl methyl sites for hydroxylation is 1. The van der Waals surface area contributed by atoms with Crippen LogP contribution in [0.2, 0.25) is 0 Å². The summed E-state index contributed by atoms with van der Waals surface area (Å²) in [7, 11) is 0. The molecule has 1 aliphatic rings. The fraction of sp³-hybridized carbons (Fsp3) is 0.412. The van der Waals surface area contributed by atoms with E-state index in [1.165, 1.54) is 6.07 Å². The van der Waals surface area contributed by atoms with Gasteiger partial charge in [0.2, 0.25) is 5.56 Å². The van der Waals surface area contributed by atoms with Crippen LogP contribution in [0.5, 0.6) is 0 Å². The van der Waals surface area contributed by atoms with E-state index < -0.39 is 0 Å². The van der Waals surface area contributed by atoms with E-state index in [1.807, 2.05) is 6.92 Å². The van der Waals surface area contributed by atoms with Gasteiger partial charge in [0.1, 0.15) is 5.69 Å². The molecule has 126 valence electrons. The lowest BCUT2D eigenvalue weighted by Crippen LogP contribution is -2.40. The highest BCUT2D eigenvalue weighted by Gasteiger charge is 2.25. The normalized spacial score (nSPS) is 20.5. The zero-order valence-electron chi connectivity index (χ0n) is 13.5. The second-order valence-electron chi connectivity index (χ2n) is 6.17. The van der Waals surface area contributed by atoms with Crippen LogP contribution in [0.3, 0.4) is 0 Å². The average molecular weight is 328 g/mol. The molecular weight excluding hydrogens is 308 g/mol. The molecule has 24 heavy (non-hydrogen) atoms. The van der Waals surface area contributed by atoms with E-state index in [0.29, 0.717) is 0 Å². The first-order chi connectivity index (χ1) is 11.5. The Morgan fingerprint density at radius 1 is 1.17 bits per heavy atom. The minimum Gasteiger partial charge on any atom is -0.348 e. The van der Waals surface area contributed by atoms with Gasteiger partial charge in [0.15, 0.2) is 0 Å². The number of carbonyl (C=O) groups excluding carboxylic acids is 1. The van der Waals surface area contributed by atoms with E-state index in [4.69, 9.17) is 0 Å². The maximum Gasteiger partial charge on any atom is 0.268 e. The lowest BCUT2D eigenvalue weighted by Gasteiger charge is -2.29. The van der Waals surface area contributed by atoms with E-state index in [2.05, 4.69) is 15.4 Å². The molecule has 7 nitrogen and oxygen atoms in total. The lowest BCUT2D eigenvalue weighted by atomic mass is 9.91. The van der Waals surface area contributed by atoms with Gasteiger partial charge in [-0.25, -0.2) is 4.68 Å². The second kappa shape index (κ2) is 6.82. The Balaban J connectivity index is 1.61. The number of nitrogens with one attached hydrogen (secondary N) is 2. The summed E-state index contributed by atoms with van der Waals surface area (Å²) in [6, 6.07) is 7.88. The number of rotatable bonds is 3. The molecule has 1 aliphatic carbocycles. The van der Waals surface area contributed by atoms with Crippen LogP contribution in [-0.4, -0.2) is 26.7 Å². The molecule has 2 N–H and O–H groups in total. The van der Waals surface area contributed by atoms with Crippen molar-refractivity contribution in [3.05, 3.63) is 62.4 Å². The van der Waals surface area contributed by atoms with Crippen molar-refractivity contribution in [2.45, 2.75) is 44.7 Å². The van der Waals surface area contributed by atoms with Crippen LogP contribution in [0.15, 0.2) is 39.9 Å². The maximum absolute atomic E-state index is 12.2. The summed E-state index contributed by atoms with van der Waals surface area (Å²) in [5.74, 6) is -0.276. The van der Waals surface area contributed by atoms with Gasteiger partial charge in [0.05, 0.1) is 11.7 Å². The number of hydrogen-bond donors (Lipinski definition) is 2. The third-order valence-electron chi connectivity index (χ3n) is 4.35. The number of carbonyl (C=O) groups is 1. The Morgan fingerprint density at radius 2 is 1.92 bits per heavy atom. The Bertz CT molecular complexity index is 847. The zero-order chi connectivity index (χ0) is 17.1. The van der Waals surface area contributed by atoms with Crippen LogP contribution < -0.4 is 16.4 Å². The molecule has 2 aromatic rings. The monoisotopic (exact) mass is 328 g/mol. The van der Waals surface area contributed by atoms with Crippen LogP contribution in [0.4, 0.5) is 0 Å². The second-order valence-corrected chi connectivity index (χ2v) is 6.17. The predicted octanol–water partition coefficient (Wildman–Crippen LogP) is 1.15. The highest BCUT2D eigenvalue weighted by molar-refractivity contribution is 5.92. The van der Waals surface area contributed by atoms with Gasteiger partial charge in [0, 0.05) is 18.2 Å². The van der Waals surface area contributed by atoms with Crippen LogP contribution in [0.1, 0.15) is 47.9 Å². The molecule has 3 rings (SSSR count). The quantitative estimate of drug-likeness (QED) is 0.883. The summed E-state index contributed by atoms with van der Waals surface area (Å²) in [6.07, 6.45) is 3.12. The first kappa shape index (κ1) is 16.2. The molecule has 0 aromatic carbocycles. The van der Waals surface area contributed by atoms with Crippen molar-refractivity contribution in [3.8, 4) is 0 Å². The van der Waals surface area contributed by atoms with Gasteiger partial charge in [-0.1, -0.05) is 6.07 Å². The number of amides is 1. The van der Waals surface area contributed by atoms with Gasteiger partial charge in [-0.15, -0.1) is 0 Å². The number of hydrogen-bond acceptors (Lipinski definition) is 4.